The van der Waals surface area contributed by atoms with Gasteiger partial charge in [0.1, 0.15) is 0 Å². The zero-order valence-electron chi connectivity index (χ0n) is 12.9. The lowest BCUT2D eigenvalue weighted by Gasteiger charge is -2.41. The summed E-state index contributed by atoms with van der Waals surface area (Å²) in [5.74, 6) is 0.633. The summed E-state index contributed by atoms with van der Waals surface area (Å²) in [6, 6.07) is 0.190. The molecule has 0 aromatic rings. The Hall–Kier alpha value is -0.610. The molecule has 0 saturated carbocycles. The van der Waals surface area contributed by atoms with E-state index in [9.17, 15) is 4.79 Å². The van der Waals surface area contributed by atoms with Crippen molar-refractivity contribution >= 4 is 5.91 Å². The first-order valence-corrected chi connectivity index (χ1v) is 7.54. The van der Waals surface area contributed by atoms with Crippen molar-refractivity contribution in [1.29, 1.82) is 0 Å². The standard InChI is InChI=1S/C15H30N2O2/c1-12(2)17(9-6-10-18)14(19)15(3,4)13-7-5-8-16-11-13/h12-13,16,18H,5-11H2,1-4H3. The lowest BCUT2D eigenvalue weighted by Crippen LogP contribution is -2.51. The number of nitrogens with zero attached hydrogens (tertiary/aromatic N) is 1. The number of nitrogens with one attached hydrogen (secondary N) is 1. The smallest absolute Gasteiger partial charge is 0.228 e. The Labute approximate surface area is 117 Å². The molecule has 19 heavy (non-hydrogen) atoms. The first-order chi connectivity index (χ1) is 8.91. The van der Waals surface area contributed by atoms with Gasteiger partial charge in [-0.15, -0.1) is 0 Å². The first-order valence-electron chi connectivity index (χ1n) is 7.54. The van der Waals surface area contributed by atoms with Crippen molar-refractivity contribution < 1.29 is 9.90 Å². The maximum Gasteiger partial charge on any atom is 0.228 e. The quantitative estimate of drug-likeness (QED) is 0.771. The molecular weight excluding hydrogens is 240 g/mol. The number of rotatable bonds is 6. The third-order valence-corrected chi connectivity index (χ3v) is 4.31. The number of carbonyl (C=O) groups is 1. The second-order valence-electron chi connectivity index (χ2n) is 6.43. The van der Waals surface area contributed by atoms with Gasteiger partial charge in [0.2, 0.25) is 5.91 Å². The van der Waals surface area contributed by atoms with Crippen LogP contribution in [0, 0.1) is 11.3 Å². The lowest BCUT2D eigenvalue weighted by atomic mass is 9.73. The molecule has 1 amide bonds. The zero-order chi connectivity index (χ0) is 14.5. The minimum atomic E-state index is -0.326. The predicted octanol–water partition coefficient (Wildman–Crippen LogP) is 1.63. The highest BCUT2D eigenvalue weighted by Gasteiger charge is 2.40. The number of hydrogen-bond donors (Lipinski definition) is 2. The number of aliphatic hydroxyl groups is 1. The molecule has 1 aliphatic heterocycles. The first kappa shape index (κ1) is 16.4. The SMILES string of the molecule is CC(C)N(CCCO)C(=O)C(C)(C)C1CCCNC1. The van der Waals surface area contributed by atoms with Gasteiger partial charge in [-0.2, -0.15) is 0 Å². The molecule has 0 aliphatic carbocycles. The molecule has 0 bridgehead atoms. The van der Waals surface area contributed by atoms with Crippen molar-refractivity contribution in [2.45, 2.75) is 53.0 Å². The van der Waals surface area contributed by atoms with Gasteiger partial charge in [-0.3, -0.25) is 4.79 Å². The molecule has 0 aromatic carbocycles. The number of carbonyl (C=O) groups excluding carboxylic acids is 1. The Balaban J connectivity index is 2.74. The average molecular weight is 270 g/mol. The van der Waals surface area contributed by atoms with E-state index in [0.717, 1.165) is 25.9 Å². The molecule has 1 heterocycles. The summed E-state index contributed by atoms with van der Waals surface area (Å²) in [5, 5.41) is 12.4. The van der Waals surface area contributed by atoms with Crippen LogP contribution in [0.15, 0.2) is 0 Å². The van der Waals surface area contributed by atoms with E-state index in [1.807, 2.05) is 18.7 Å². The van der Waals surface area contributed by atoms with Crippen molar-refractivity contribution in [3.8, 4) is 0 Å². The van der Waals surface area contributed by atoms with Gasteiger partial charge >= 0.3 is 0 Å². The third-order valence-electron chi connectivity index (χ3n) is 4.31. The summed E-state index contributed by atoms with van der Waals surface area (Å²) in [6.45, 7) is 11.0. The Kier molecular flexibility index (Phi) is 6.27. The van der Waals surface area contributed by atoms with E-state index < -0.39 is 0 Å². The normalized spacial score (nSPS) is 20.6. The molecule has 2 N–H and O–H groups in total. The van der Waals surface area contributed by atoms with E-state index >= 15 is 0 Å². The molecule has 112 valence electrons. The van der Waals surface area contributed by atoms with Crippen molar-refractivity contribution in [2.75, 3.05) is 26.2 Å². The summed E-state index contributed by atoms with van der Waals surface area (Å²) in [7, 11) is 0. The molecule has 1 atom stereocenters. The maximum atomic E-state index is 12.8. The van der Waals surface area contributed by atoms with Crippen LogP contribution in [0.4, 0.5) is 0 Å². The number of hydrogen-bond acceptors (Lipinski definition) is 3. The third kappa shape index (κ3) is 4.18. The Morgan fingerprint density at radius 1 is 1.47 bits per heavy atom. The molecule has 0 spiro atoms. The molecule has 1 fully saturated rings. The fourth-order valence-electron chi connectivity index (χ4n) is 2.85. The highest BCUT2D eigenvalue weighted by molar-refractivity contribution is 5.82. The van der Waals surface area contributed by atoms with Crippen LogP contribution < -0.4 is 5.32 Å². The van der Waals surface area contributed by atoms with E-state index in [0.29, 0.717) is 18.9 Å². The number of aliphatic hydroxyl groups excluding tert-OH is 1. The van der Waals surface area contributed by atoms with Gasteiger partial charge in [-0.1, -0.05) is 13.8 Å². The van der Waals surface area contributed by atoms with Gasteiger partial charge in [-0.25, -0.2) is 0 Å². The molecular formula is C15H30N2O2. The van der Waals surface area contributed by atoms with Gasteiger partial charge in [-0.05, 0) is 52.1 Å². The summed E-state index contributed by atoms with van der Waals surface area (Å²) < 4.78 is 0. The average Bonchev–Trinajstić information content (AvgIpc) is 2.39. The summed E-state index contributed by atoms with van der Waals surface area (Å²) in [5.41, 5.74) is -0.326. The highest BCUT2D eigenvalue weighted by Crippen LogP contribution is 2.34. The van der Waals surface area contributed by atoms with Crippen LogP contribution >= 0.6 is 0 Å². The molecule has 1 unspecified atom stereocenters. The van der Waals surface area contributed by atoms with E-state index in [4.69, 9.17) is 5.11 Å². The van der Waals surface area contributed by atoms with Crippen LogP contribution in [-0.2, 0) is 4.79 Å². The molecule has 1 rings (SSSR count). The lowest BCUT2D eigenvalue weighted by molar-refractivity contribution is -0.145. The second-order valence-corrected chi connectivity index (χ2v) is 6.43. The summed E-state index contributed by atoms with van der Waals surface area (Å²) in [4.78, 5) is 14.7. The Morgan fingerprint density at radius 2 is 2.16 bits per heavy atom. The summed E-state index contributed by atoms with van der Waals surface area (Å²) in [6.07, 6.45) is 2.93. The van der Waals surface area contributed by atoms with Crippen LogP contribution in [0.2, 0.25) is 0 Å². The predicted molar refractivity (Wildman–Crippen MR) is 77.9 cm³/mol. The molecule has 0 radical (unpaired) electrons. The molecule has 4 nitrogen and oxygen atoms in total. The second kappa shape index (κ2) is 7.25. The number of piperidine rings is 1. The van der Waals surface area contributed by atoms with Gasteiger partial charge in [0.25, 0.3) is 0 Å². The van der Waals surface area contributed by atoms with Crippen LogP contribution in [0.1, 0.15) is 47.0 Å². The number of amides is 1. The molecule has 4 heteroatoms. The minimum absolute atomic E-state index is 0.141. The topological polar surface area (TPSA) is 52.6 Å². The monoisotopic (exact) mass is 270 g/mol. The van der Waals surface area contributed by atoms with Crippen molar-refractivity contribution in [2.24, 2.45) is 11.3 Å². The van der Waals surface area contributed by atoms with Crippen molar-refractivity contribution in [3.05, 3.63) is 0 Å². The summed E-state index contributed by atoms with van der Waals surface area (Å²) >= 11 is 0. The Bertz CT molecular complexity index is 284. The van der Waals surface area contributed by atoms with Crippen LogP contribution in [0.3, 0.4) is 0 Å². The fraction of sp³-hybridized carbons (Fsp3) is 0.933. The maximum absolute atomic E-state index is 12.8. The van der Waals surface area contributed by atoms with E-state index in [-0.39, 0.29) is 24.0 Å². The van der Waals surface area contributed by atoms with Gasteiger partial charge in [0.15, 0.2) is 0 Å². The largest absolute Gasteiger partial charge is 0.396 e. The van der Waals surface area contributed by atoms with E-state index in [2.05, 4.69) is 19.2 Å². The Morgan fingerprint density at radius 3 is 2.63 bits per heavy atom. The van der Waals surface area contributed by atoms with Crippen LogP contribution in [0.5, 0.6) is 0 Å². The van der Waals surface area contributed by atoms with E-state index in [1.165, 1.54) is 0 Å². The van der Waals surface area contributed by atoms with Gasteiger partial charge in [0.05, 0.1) is 0 Å². The van der Waals surface area contributed by atoms with Crippen molar-refractivity contribution in [3.63, 3.8) is 0 Å². The van der Waals surface area contributed by atoms with E-state index in [1.54, 1.807) is 0 Å². The van der Waals surface area contributed by atoms with Gasteiger partial charge < -0.3 is 15.3 Å². The van der Waals surface area contributed by atoms with Crippen LogP contribution in [-0.4, -0.2) is 48.2 Å². The minimum Gasteiger partial charge on any atom is -0.396 e. The van der Waals surface area contributed by atoms with Gasteiger partial charge in [0, 0.05) is 24.6 Å². The fourth-order valence-corrected chi connectivity index (χ4v) is 2.85. The highest BCUT2D eigenvalue weighted by atomic mass is 16.3. The molecule has 1 saturated heterocycles. The zero-order valence-corrected chi connectivity index (χ0v) is 12.9. The van der Waals surface area contributed by atoms with Crippen LogP contribution in [0.25, 0.3) is 0 Å². The molecule has 1 aliphatic rings. The molecule has 0 aromatic heterocycles. The van der Waals surface area contributed by atoms with Crippen molar-refractivity contribution in [1.82, 2.24) is 10.2 Å².